The number of carbonyl (C=O) groups excluding carboxylic acids is 2. The second-order valence-corrected chi connectivity index (χ2v) is 6.56. The average molecular weight is 355 g/mol. The molecular weight excluding hydrogens is 337 g/mol. The zero-order valence-corrected chi connectivity index (χ0v) is 14.2. The van der Waals surface area contributed by atoms with Crippen molar-refractivity contribution >= 4 is 23.3 Å². The van der Waals surface area contributed by atoms with E-state index in [1.54, 1.807) is 18.1 Å². The maximum absolute atomic E-state index is 13.0. The lowest BCUT2D eigenvalue weighted by Crippen LogP contribution is -2.40. The van der Waals surface area contributed by atoms with Crippen molar-refractivity contribution in [1.82, 2.24) is 4.90 Å². The number of fused-ring (bicyclic) bond motifs is 2. The number of carbonyl (C=O) groups is 2. The Morgan fingerprint density at radius 3 is 2.77 bits per heavy atom. The van der Waals surface area contributed by atoms with E-state index in [-0.39, 0.29) is 24.3 Å². The van der Waals surface area contributed by atoms with Crippen molar-refractivity contribution in [2.24, 2.45) is 0 Å². The number of urea groups is 1. The van der Waals surface area contributed by atoms with E-state index >= 15 is 0 Å². The molecule has 0 radical (unpaired) electrons. The van der Waals surface area contributed by atoms with Crippen molar-refractivity contribution in [2.45, 2.75) is 11.8 Å². The molecule has 3 amide bonds. The molecule has 2 aromatic carbocycles. The molecule has 1 fully saturated rings. The maximum Gasteiger partial charge on any atom is 0.321 e. The normalized spacial score (nSPS) is 20.8. The van der Waals surface area contributed by atoms with Crippen LogP contribution in [0.1, 0.15) is 12.0 Å². The highest BCUT2D eigenvalue weighted by molar-refractivity contribution is 6.07. The summed E-state index contributed by atoms with van der Waals surface area (Å²) in [7, 11) is 1.58. The molecule has 7 heteroatoms. The maximum atomic E-state index is 13.0. The number of nitrogens with zero attached hydrogens (tertiary/aromatic N) is 1. The molecule has 2 aliphatic heterocycles. The summed E-state index contributed by atoms with van der Waals surface area (Å²) in [5, 5.41) is 5.65. The molecule has 1 saturated heterocycles. The van der Waals surface area contributed by atoms with Crippen molar-refractivity contribution in [3.05, 3.63) is 53.8 Å². The molecule has 0 aliphatic carbocycles. The van der Waals surface area contributed by atoms with Crippen molar-refractivity contribution in [3.8, 4) is 5.75 Å². The van der Waals surface area contributed by atoms with Gasteiger partial charge in [-0.2, -0.15) is 0 Å². The molecule has 134 valence electrons. The SMILES string of the molecule is COc1ccc2c(c1)[C@@]1(CCN(C(=O)Nc3ccc(F)cc3)C1)C(=O)N2. The Morgan fingerprint density at radius 2 is 2.04 bits per heavy atom. The lowest BCUT2D eigenvalue weighted by Gasteiger charge is -2.23. The lowest BCUT2D eigenvalue weighted by molar-refractivity contribution is -0.120. The highest BCUT2D eigenvalue weighted by Crippen LogP contribution is 2.45. The number of hydrogen-bond donors (Lipinski definition) is 2. The van der Waals surface area contributed by atoms with E-state index in [4.69, 9.17) is 4.74 Å². The summed E-state index contributed by atoms with van der Waals surface area (Å²) >= 11 is 0. The van der Waals surface area contributed by atoms with Crippen molar-refractivity contribution in [2.75, 3.05) is 30.8 Å². The Labute approximate surface area is 149 Å². The molecule has 2 aliphatic rings. The van der Waals surface area contributed by atoms with E-state index in [1.807, 2.05) is 12.1 Å². The van der Waals surface area contributed by atoms with Crippen LogP contribution in [-0.4, -0.2) is 37.0 Å². The number of rotatable bonds is 2. The predicted octanol–water partition coefficient (Wildman–Crippen LogP) is 2.96. The molecular formula is C19H18FN3O3. The summed E-state index contributed by atoms with van der Waals surface area (Å²) in [5.74, 6) is 0.211. The van der Waals surface area contributed by atoms with E-state index in [0.29, 0.717) is 24.4 Å². The van der Waals surface area contributed by atoms with Crippen LogP contribution in [0.4, 0.5) is 20.6 Å². The number of amides is 3. The van der Waals surface area contributed by atoms with E-state index in [2.05, 4.69) is 10.6 Å². The Morgan fingerprint density at radius 1 is 1.27 bits per heavy atom. The second kappa shape index (κ2) is 6.01. The smallest absolute Gasteiger partial charge is 0.321 e. The van der Waals surface area contributed by atoms with Gasteiger partial charge in [-0.05, 0) is 54.4 Å². The van der Waals surface area contributed by atoms with Crippen LogP contribution in [0.3, 0.4) is 0 Å². The molecule has 2 aromatic rings. The van der Waals surface area contributed by atoms with Gasteiger partial charge in [0, 0.05) is 24.5 Å². The Balaban J connectivity index is 1.55. The van der Waals surface area contributed by atoms with Crippen LogP contribution < -0.4 is 15.4 Å². The van der Waals surface area contributed by atoms with Crippen molar-refractivity contribution in [3.63, 3.8) is 0 Å². The third-order valence-corrected chi connectivity index (χ3v) is 5.08. The molecule has 0 bridgehead atoms. The fourth-order valence-electron chi connectivity index (χ4n) is 3.64. The van der Waals surface area contributed by atoms with Crippen LogP contribution in [0.2, 0.25) is 0 Å². The number of likely N-dealkylation sites (tertiary alicyclic amines) is 1. The molecule has 1 spiro atoms. The summed E-state index contributed by atoms with van der Waals surface area (Å²) < 4.78 is 18.3. The van der Waals surface area contributed by atoms with Crippen LogP contribution in [0.15, 0.2) is 42.5 Å². The lowest BCUT2D eigenvalue weighted by atomic mass is 9.81. The highest BCUT2D eigenvalue weighted by atomic mass is 19.1. The predicted molar refractivity (Wildman–Crippen MR) is 94.9 cm³/mol. The number of anilines is 2. The minimum absolute atomic E-state index is 0.0992. The molecule has 26 heavy (non-hydrogen) atoms. The first kappa shape index (κ1) is 16.4. The topological polar surface area (TPSA) is 70.7 Å². The first-order valence-electron chi connectivity index (χ1n) is 8.33. The number of ether oxygens (including phenoxy) is 1. The van der Waals surface area contributed by atoms with Gasteiger partial charge in [0.25, 0.3) is 0 Å². The van der Waals surface area contributed by atoms with E-state index in [1.165, 1.54) is 24.3 Å². The number of halogens is 1. The van der Waals surface area contributed by atoms with Gasteiger partial charge in [-0.15, -0.1) is 0 Å². The monoisotopic (exact) mass is 355 g/mol. The molecule has 2 heterocycles. The first-order valence-corrected chi connectivity index (χ1v) is 8.33. The molecule has 6 nitrogen and oxygen atoms in total. The number of nitrogens with one attached hydrogen (secondary N) is 2. The van der Waals surface area contributed by atoms with Crippen LogP contribution in [0.5, 0.6) is 5.75 Å². The zero-order chi connectivity index (χ0) is 18.3. The first-order chi connectivity index (χ1) is 12.5. The van der Waals surface area contributed by atoms with E-state index < -0.39 is 5.41 Å². The molecule has 0 saturated carbocycles. The molecule has 0 aromatic heterocycles. The Kier molecular flexibility index (Phi) is 3.79. The van der Waals surface area contributed by atoms with Crippen molar-refractivity contribution in [1.29, 1.82) is 0 Å². The Bertz CT molecular complexity index is 884. The van der Waals surface area contributed by atoms with E-state index in [9.17, 15) is 14.0 Å². The van der Waals surface area contributed by atoms with Gasteiger partial charge in [0.15, 0.2) is 0 Å². The van der Waals surface area contributed by atoms with Crippen LogP contribution in [0, 0.1) is 5.82 Å². The standard InChI is InChI=1S/C19H18FN3O3/c1-26-14-6-7-16-15(10-14)19(17(24)22-16)8-9-23(11-19)18(25)21-13-4-2-12(20)3-5-13/h2-7,10H,8-9,11H2,1H3,(H,21,25)(H,22,24)/t19-/m0/s1. The fourth-order valence-corrected chi connectivity index (χ4v) is 3.64. The van der Waals surface area contributed by atoms with Crippen LogP contribution in [-0.2, 0) is 10.2 Å². The van der Waals surface area contributed by atoms with Gasteiger partial charge in [0.2, 0.25) is 5.91 Å². The van der Waals surface area contributed by atoms with Gasteiger partial charge in [0.05, 0.1) is 12.5 Å². The summed E-state index contributed by atoms with van der Waals surface area (Å²) in [6.07, 6.45) is 0.538. The largest absolute Gasteiger partial charge is 0.497 e. The van der Waals surface area contributed by atoms with Gasteiger partial charge >= 0.3 is 6.03 Å². The van der Waals surface area contributed by atoms with Crippen molar-refractivity contribution < 1.29 is 18.7 Å². The Hall–Kier alpha value is -3.09. The second-order valence-electron chi connectivity index (χ2n) is 6.56. The van der Waals surface area contributed by atoms with Crippen LogP contribution in [0.25, 0.3) is 0 Å². The number of methoxy groups -OCH3 is 1. The van der Waals surface area contributed by atoms with Crippen LogP contribution >= 0.6 is 0 Å². The minimum Gasteiger partial charge on any atom is -0.497 e. The summed E-state index contributed by atoms with van der Waals surface area (Å²) in [5.41, 5.74) is 1.37. The molecule has 1 atom stereocenters. The van der Waals surface area contributed by atoms with Gasteiger partial charge in [0.1, 0.15) is 11.6 Å². The summed E-state index contributed by atoms with van der Waals surface area (Å²) in [6.45, 7) is 0.739. The van der Waals surface area contributed by atoms with E-state index in [0.717, 1.165) is 11.3 Å². The zero-order valence-electron chi connectivity index (χ0n) is 14.2. The van der Waals surface area contributed by atoms with Gasteiger partial charge in [-0.3, -0.25) is 4.79 Å². The summed E-state index contributed by atoms with van der Waals surface area (Å²) in [4.78, 5) is 26.8. The molecule has 2 N–H and O–H groups in total. The highest BCUT2D eigenvalue weighted by Gasteiger charge is 2.52. The third kappa shape index (κ3) is 2.56. The summed E-state index contributed by atoms with van der Waals surface area (Å²) in [6, 6.07) is 10.7. The number of benzene rings is 2. The minimum atomic E-state index is -0.760. The van der Waals surface area contributed by atoms with Gasteiger partial charge in [-0.25, -0.2) is 9.18 Å². The molecule has 0 unspecified atom stereocenters. The third-order valence-electron chi connectivity index (χ3n) is 5.08. The molecule has 4 rings (SSSR count). The quantitative estimate of drug-likeness (QED) is 0.870. The average Bonchev–Trinajstić information content (AvgIpc) is 3.20. The van der Waals surface area contributed by atoms with Gasteiger partial charge in [-0.1, -0.05) is 0 Å². The van der Waals surface area contributed by atoms with Gasteiger partial charge < -0.3 is 20.3 Å². The fraction of sp³-hybridized carbons (Fsp3) is 0.263. The number of hydrogen-bond acceptors (Lipinski definition) is 3.